The summed E-state index contributed by atoms with van der Waals surface area (Å²) in [6, 6.07) is 12.6. The maximum atomic E-state index is 12.4. The van der Waals surface area contributed by atoms with E-state index in [0.717, 1.165) is 15.8 Å². The lowest BCUT2D eigenvalue weighted by atomic mass is 10.2. The van der Waals surface area contributed by atoms with Crippen LogP contribution in [0.25, 0.3) is 10.2 Å². The van der Waals surface area contributed by atoms with Gasteiger partial charge in [0.15, 0.2) is 5.13 Å². The number of rotatable bonds is 3. The van der Waals surface area contributed by atoms with Crippen LogP contribution < -0.4 is 4.72 Å². The molecule has 1 N–H and O–H groups in total. The normalized spacial score (nSPS) is 11.7. The number of fused-ring (bicyclic) bond motifs is 1. The first-order valence-corrected chi connectivity index (χ1v) is 9.19. The van der Waals surface area contributed by atoms with E-state index in [9.17, 15) is 8.42 Å². The first-order chi connectivity index (χ1) is 9.95. The van der Waals surface area contributed by atoms with Crippen molar-refractivity contribution < 1.29 is 8.42 Å². The van der Waals surface area contributed by atoms with Crippen LogP contribution in [0.3, 0.4) is 0 Å². The predicted molar refractivity (Wildman–Crippen MR) is 89.3 cm³/mol. The highest BCUT2D eigenvalue weighted by Crippen LogP contribution is 2.29. The Labute approximate surface area is 135 Å². The van der Waals surface area contributed by atoms with Crippen LogP contribution in [0.2, 0.25) is 0 Å². The Balaban J connectivity index is 1.99. The van der Waals surface area contributed by atoms with Gasteiger partial charge < -0.3 is 0 Å². The van der Waals surface area contributed by atoms with E-state index in [2.05, 4.69) is 25.6 Å². The van der Waals surface area contributed by atoms with Crippen LogP contribution in [0.1, 0.15) is 5.56 Å². The van der Waals surface area contributed by atoms with Crippen molar-refractivity contribution in [2.75, 3.05) is 4.72 Å². The number of aryl methyl sites for hydroxylation is 1. The second kappa shape index (κ2) is 5.40. The quantitative estimate of drug-likeness (QED) is 0.739. The van der Waals surface area contributed by atoms with E-state index >= 15 is 0 Å². The van der Waals surface area contributed by atoms with Gasteiger partial charge in [0, 0.05) is 4.47 Å². The Bertz CT molecular complexity index is 887. The third-order valence-corrected chi connectivity index (χ3v) is 6.29. The fraction of sp³-hybridized carbons (Fsp3) is 0.0714. The minimum Gasteiger partial charge on any atom is -0.255 e. The second-order valence-corrected chi connectivity index (χ2v) is 8.06. The van der Waals surface area contributed by atoms with Crippen LogP contribution in [0.15, 0.2) is 51.8 Å². The molecular formula is C14H11BrN2O2S2. The number of anilines is 1. The Kier molecular flexibility index (Phi) is 3.73. The molecule has 1 heterocycles. The third-order valence-electron chi connectivity index (χ3n) is 2.89. The van der Waals surface area contributed by atoms with Crippen LogP contribution in [0.4, 0.5) is 5.13 Å². The van der Waals surface area contributed by atoms with E-state index in [0.29, 0.717) is 9.60 Å². The van der Waals surface area contributed by atoms with Crippen LogP contribution in [0, 0.1) is 6.92 Å². The topological polar surface area (TPSA) is 59.1 Å². The van der Waals surface area contributed by atoms with Gasteiger partial charge in [-0.25, -0.2) is 13.4 Å². The number of nitrogens with zero attached hydrogens (tertiary/aromatic N) is 1. The largest absolute Gasteiger partial charge is 0.264 e. The first-order valence-electron chi connectivity index (χ1n) is 6.10. The molecule has 0 aliphatic carbocycles. The molecule has 3 aromatic rings. The molecule has 0 atom stereocenters. The fourth-order valence-electron chi connectivity index (χ4n) is 1.91. The van der Waals surface area contributed by atoms with Crippen molar-refractivity contribution in [3.05, 3.63) is 52.5 Å². The molecule has 0 aliphatic heterocycles. The summed E-state index contributed by atoms with van der Waals surface area (Å²) in [6.07, 6.45) is 0. The van der Waals surface area contributed by atoms with Gasteiger partial charge in [-0.2, -0.15) is 0 Å². The zero-order valence-electron chi connectivity index (χ0n) is 11.0. The summed E-state index contributed by atoms with van der Waals surface area (Å²) in [4.78, 5) is 4.48. The van der Waals surface area contributed by atoms with Gasteiger partial charge in [-0.1, -0.05) is 29.5 Å². The smallest absolute Gasteiger partial charge is 0.255 e. The van der Waals surface area contributed by atoms with E-state index in [1.165, 1.54) is 11.3 Å². The number of aromatic nitrogens is 1. The van der Waals surface area contributed by atoms with Crippen molar-refractivity contribution in [3.8, 4) is 0 Å². The van der Waals surface area contributed by atoms with Crippen molar-refractivity contribution in [2.24, 2.45) is 0 Å². The summed E-state index contributed by atoms with van der Waals surface area (Å²) < 4.78 is 28.9. The number of halogens is 1. The highest BCUT2D eigenvalue weighted by Gasteiger charge is 2.19. The molecule has 0 radical (unpaired) electrons. The molecule has 0 bridgehead atoms. The van der Waals surface area contributed by atoms with Crippen molar-refractivity contribution in [1.82, 2.24) is 4.98 Å². The molecule has 7 heteroatoms. The Morgan fingerprint density at radius 1 is 1.19 bits per heavy atom. The van der Waals surface area contributed by atoms with Crippen LogP contribution in [-0.2, 0) is 10.0 Å². The predicted octanol–water partition coefficient (Wildman–Crippen LogP) is 4.17. The minimum atomic E-state index is -3.66. The van der Waals surface area contributed by atoms with Crippen molar-refractivity contribution >= 4 is 52.6 Å². The lowest BCUT2D eigenvalue weighted by Crippen LogP contribution is -2.13. The maximum Gasteiger partial charge on any atom is 0.264 e. The molecule has 0 aliphatic rings. The molecule has 0 saturated heterocycles. The van der Waals surface area contributed by atoms with Gasteiger partial charge in [0.2, 0.25) is 0 Å². The average Bonchev–Trinajstić information content (AvgIpc) is 2.79. The van der Waals surface area contributed by atoms with Gasteiger partial charge in [-0.15, -0.1) is 0 Å². The lowest BCUT2D eigenvalue weighted by molar-refractivity contribution is 0.600. The third kappa shape index (κ3) is 2.95. The molecule has 0 amide bonds. The zero-order chi connectivity index (χ0) is 15.0. The van der Waals surface area contributed by atoms with Gasteiger partial charge in [0.25, 0.3) is 10.0 Å². The Hall–Kier alpha value is -1.44. The summed E-state index contributed by atoms with van der Waals surface area (Å²) in [5.41, 5.74) is 1.77. The average molecular weight is 383 g/mol. The van der Waals surface area contributed by atoms with Gasteiger partial charge >= 0.3 is 0 Å². The standard InChI is InChI=1S/C14H11BrN2O2S2/c1-9-6-7-13(10(15)8-9)21(18,19)17-14-16-11-4-2-3-5-12(11)20-14/h2-8H,1H3,(H,16,17). The molecule has 21 heavy (non-hydrogen) atoms. The first kappa shape index (κ1) is 14.5. The lowest BCUT2D eigenvalue weighted by Gasteiger charge is -2.07. The number of hydrogen-bond acceptors (Lipinski definition) is 4. The van der Waals surface area contributed by atoms with E-state index in [4.69, 9.17) is 0 Å². The Morgan fingerprint density at radius 2 is 1.95 bits per heavy atom. The number of hydrogen-bond donors (Lipinski definition) is 1. The van der Waals surface area contributed by atoms with Crippen LogP contribution in [-0.4, -0.2) is 13.4 Å². The molecule has 1 aromatic heterocycles. The summed E-state index contributed by atoms with van der Waals surface area (Å²) >= 11 is 4.61. The highest BCUT2D eigenvalue weighted by atomic mass is 79.9. The summed E-state index contributed by atoms with van der Waals surface area (Å²) in [5.74, 6) is 0. The number of sulfonamides is 1. The maximum absolute atomic E-state index is 12.4. The molecule has 0 unspecified atom stereocenters. The fourth-order valence-corrected chi connectivity index (χ4v) is 5.20. The minimum absolute atomic E-state index is 0.201. The van der Waals surface area contributed by atoms with E-state index in [1.54, 1.807) is 18.2 Å². The molecule has 0 spiro atoms. The number of nitrogens with one attached hydrogen (secondary N) is 1. The highest BCUT2D eigenvalue weighted by molar-refractivity contribution is 9.10. The van der Waals surface area contributed by atoms with Crippen molar-refractivity contribution in [1.29, 1.82) is 0 Å². The van der Waals surface area contributed by atoms with Gasteiger partial charge in [-0.3, -0.25) is 4.72 Å². The van der Waals surface area contributed by atoms with Gasteiger partial charge in [-0.05, 0) is 52.7 Å². The summed E-state index contributed by atoms with van der Waals surface area (Å²) in [5, 5.41) is 0.365. The number of para-hydroxylation sites is 1. The second-order valence-electron chi connectivity index (χ2n) is 4.53. The molecule has 3 rings (SSSR count). The van der Waals surface area contributed by atoms with Gasteiger partial charge in [0.05, 0.1) is 10.2 Å². The van der Waals surface area contributed by atoms with E-state index < -0.39 is 10.0 Å². The molecule has 0 saturated carbocycles. The SMILES string of the molecule is Cc1ccc(S(=O)(=O)Nc2nc3ccccc3s2)c(Br)c1. The van der Waals surface area contributed by atoms with Crippen LogP contribution >= 0.6 is 27.3 Å². The summed E-state index contributed by atoms with van der Waals surface area (Å²) in [7, 11) is -3.66. The van der Waals surface area contributed by atoms with Crippen LogP contribution in [0.5, 0.6) is 0 Å². The Morgan fingerprint density at radius 3 is 2.67 bits per heavy atom. The van der Waals surface area contributed by atoms with Crippen molar-refractivity contribution in [3.63, 3.8) is 0 Å². The van der Waals surface area contributed by atoms with E-state index in [-0.39, 0.29) is 4.90 Å². The molecule has 2 aromatic carbocycles. The van der Waals surface area contributed by atoms with E-state index in [1.807, 2.05) is 31.2 Å². The van der Waals surface area contributed by atoms with Gasteiger partial charge in [0.1, 0.15) is 4.90 Å². The molecule has 4 nitrogen and oxygen atoms in total. The van der Waals surface area contributed by atoms with Crippen molar-refractivity contribution in [2.45, 2.75) is 11.8 Å². The monoisotopic (exact) mass is 382 g/mol. The summed E-state index contributed by atoms with van der Waals surface area (Å²) in [6.45, 7) is 1.90. The number of thiazole rings is 1. The zero-order valence-corrected chi connectivity index (χ0v) is 14.2. The molecular weight excluding hydrogens is 372 g/mol. The number of benzene rings is 2. The molecule has 108 valence electrons. The molecule has 0 fully saturated rings.